The zero-order valence-electron chi connectivity index (χ0n) is 16.6. The van der Waals surface area contributed by atoms with Crippen LogP contribution < -0.4 is 29.7 Å². The molecule has 1 atom stereocenters. The van der Waals surface area contributed by atoms with Crippen LogP contribution in [0, 0.1) is 0 Å². The average Bonchev–Trinajstić information content (AvgIpc) is 3.20. The predicted molar refractivity (Wildman–Crippen MR) is 107 cm³/mol. The summed E-state index contributed by atoms with van der Waals surface area (Å²) in [6, 6.07) is 12.7. The molecular weight excluding hydrogens is 374 g/mol. The molecule has 0 bridgehead atoms. The van der Waals surface area contributed by atoms with Crippen molar-refractivity contribution in [3.8, 4) is 17.2 Å². The van der Waals surface area contributed by atoms with Crippen LogP contribution in [0.4, 0.5) is 5.69 Å². The lowest BCUT2D eigenvalue weighted by atomic mass is 10.2. The van der Waals surface area contributed by atoms with Crippen LogP contribution >= 0.6 is 0 Å². The molecule has 0 saturated carbocycles. The molecule has 0 aliphatic carbocycles. The third-order valence-corrected chi connectivity index (χ3v) is 4.62. The van der Waals surface area contributed by atoms with E-state index in [1.54, 1.807) is 31.4 Å². The van der Waals surface area contributed by atoms with E-state index in [0.29, 0.717) is 30.3 Å². The Morgan fingerprint density at radius 3 is 2.48 bits per heavy atom. The lowest BCUT2D eigenvalue weighted by Gasteiger charge is -2.17. The Bertz CT molecular complexity index is 854. The molecule has 1 unspecified atom stereocenters. The van der Waals surface area contributed by atoms with E-state index in [2.05, 4.69) is 10.6 Å². The van der Waals surface area contributed by atoms with Crippen molar-refractivity contribution in [1.29, 1.82) is 0 Å². The molecule has 3 N–H and O–H groups in total. The molecule has 8 nitrogen and oxygen atoms in total. The minimum absolute atomic E-state index is 0.114. The summed E-state index contributed by atoms with van der Waals surface area (Å²) in [7, 11) is 1.59. The molecule has 0 aromatic heterocycles. The normalized spacial score (nSPS) is 12.9. The molecule has 2 amide bonds. The maximum absolute atomic E-state index is 12.3. The SMILES string of the molecule is CC[NH+](CC(=O)NCc1ccc2c(c1)OCO2)CC(=O)Nc1ccc(OC)cc1. The topological polar surface area (TPSA) is 90.3 Å². The fourth-order valence-electron chi connectivity index (χ4n) is 2.96. The van der Waals surface area contributed by atoms with E-state index < -0.39 is 0 Å². The Morgan fingerprint density at radius 1 is 1.03 bits per heavy atom. The Labute approximate surface area is 169 Å². The second kappa shape index (κ2) is 9.79. The minimum atomic E-state index is -0.143. The third kappa shape index (κ3) is 5.86. The van der Waals surface area contributed by atoms with Crippen molar-refractivity contribution in [3.05, 3.63) is 48.0 Å². The number of ether oxygens (including phenoxy) is 3. The van der Waals surface area contributed by atoms with Gasteiger partial charge in [-0.15, -0.1) is 0 Å². The summed E-state index contributed by atoms with van der Waals surface area (Å²) in [5, 5.41) is 5.73. The zero-order valence-corrected chi connectivity index (χ0v) is 16.6. The van der Waals surface area contributed by atoms with Crippen molar-refractivity contribution in [2.75, 3.05) is 38.9 Å². The summed E-state index contributed by atoms with van der Waals surface area (Å²) in [6.07, 6.45) is 0. The second-order valence-corrected chi connectivity index (χ2v) is 6.70. The van der Waals surface area contributed by atoms with Crippen molar-refractivity contribution >= 4 is 17.5 Å². The first-order valence-corrected chi connectivity index (χ1v) is 9.50. The highest BCUT2D eigenvalue weighted by atomic mass is 16.7. The summed E-state index contributed by atoms with van der Waals surface area (Å²) in [6.45, 7) is 3.65. The molecule has 1 aliphatic heterocycles. The van der Waals surface area contributed by atoms with Gasteiger partial charge in [0, 0.05) is 12.2 Å². The molecule has 154 valence electrons. The number of carbonyl (C=O) groups is 2. The van der Waals surface area contributed by atoms with Crippen LogP contribution in [0.15, 0.2) is 42.5 Å². The van der Waals surface area contributed by atoms with Gasteiger partial charge in [-0.2, -0.15) is 0 Å². The van der Waals surface area contributed by atoms with Gasteiger partial charge in [0.2, 0.25) is 6.79 Å². The summed E-state index contributed by atoms with van der Waals surface area (Å²) < 4.78 is 15.7. The lowest BCUT2D eigenvalue weighted by Crippen LogP contribution is -3.13. The van der Waals surface area contributed by atoms with Gasteiger partial charge in [-0.1, -0.05) is 6.07 Å². The van der Waals surface area contributed by atoms with Crippen LogP contribution in [0.3, 0.4) is 0 Å². The van der Waals surface area contributed by atoms with Gasteiger partial charge in [-0.05, 0) is 48.9 Å². The molecule has 8 heteroatoms. The maximum Gasteiger partial charge on any atom is 0.279 e. The van der Waals surface area contributed by atoms with Gasteiger partial charge in [-0.25, -0.2) is 0 Å². The van der Waals surface area contributed by atoms with E-state index in [4.69, 9.17) is 14.2 Å². The van der Waals surface area contributed by atoms with Gasteiger partial charge in [0.1, 0.15) is 5.75 Å². The molecule has 29 heavy (non-hydrogen) atoms. The molecule has 2 aromatic rings. The Kier molecular flexibility index (Phi) is 6.91. The van der Waals surface area contributed by atoms with Gasteiger partial charge in [-0.3, -0.25) is 9.59 Å². The molecule has 3 rings (SSSR count). The van der Waals surface area contributed by atoms with E-state index in [1.807, 2.05) is 25.1 Å². The van der Waals surface area contributed by atoms with Crippen LogP contribution in [0.25, 0.3) is 0 Å². The number of amides is 2. The van der Waals surface area contributed by atoms with Gasteiger partial charge in [0.05, 0.1) is 13.7 Å². The standard InChI is InChI=1S/C21H25N3O5/c1-3-24(13-21(26)23-16-5-7-17(27-2)8-6-16)12-20(25)22-11-15-4-9-18-19(10-15)29-14-28-18/h4-10H,3,11-14H2,1-2H3,(H,22,25)(H,23,26)/p+1. The molecule has 0 radical (unpaired) electrons. The molecule has 1 aliphatic rings. The Balaban J connectivity index is 1.44. The first kappa shape index (κ1) is 20.5. The number of methoxy groups -OCH3 is 1. The first-order chi connectivity index (χ1) is 14.1. The number of carbonyl (C=O) groups excluding carboxylic acids is 2. The molecule has 2 aromatic carbocycles. The van der Waals surface area contributed by atoms with Gasteiger partial charge >= 0.3 is 0 Å². The molecule has 0 saturated heterocycles. The van der Waals surface area contributed by atoms with E-state index in [1.165, 1.54) is 0 Å². The lowest BCUT2D eigenvalue weighted by molar-refractivity contribution is -0.881. The zero-order chi connectivity index (χ0) is 20.6. The van der Waals surface area contributed by atoms with Crippen LogP contribution in [-0.2, 0) is 16.1 Å². The van der Waals surface area contributed by atoms with Crippen molar-refractivity contribution < 1.29 is 28.7 Å². The molecule has 0 spiro atoms. The predicted octanol–water partition coefficient (Wildman–Crippen LogP) is 0.584. The summed E-state index contributed by atoms with van der Waals surface area (Å²) in [5.74, 6) is 1.87. The number of benzene rings is 2. The number of fused-ring (bicyclic) bond motifs is 1. The maximum atomic E-state index is 12.3. The van der Waals surface area contributed by atoms with Gasteiger partial charge in [0.25, 0.3) is 11.8 Å². The largest absolute Gasteiger partial charge is 0.497 e. The van der Waals surface area contributed by atoms with Gasteiger partial charge < -0.3 is 29.7 Å². The quantitative estimate of drug-likeness (QED) is 0.573. The number of quaternary nitrogens is 1. The van der Waals surface area contributed by atoms with Crippen LogP contribution in [-0.4, -0.2) is 45.4 Å². The summed E-state index contributed by atoms with van der Waals surface area (Å²) in [4.78, 5) is 25.5. The van der Waals surface area contributed by atoms with Gasteiger partial charge in [0.15, 0.2) is 24.6 Å². The van der Waals surface area contributed by atoms with E-state index in [9.17, 15) is 9.59 Å². The molecule has 1 heterocycles. The van der Waals surface area contributed by atoms with Crippen molar-refractivity contribution in [2.24, 2.45) is 0 Å². The minimum Gasteiger partial charge on any atom is -0.497 e. The van der Waals surface area contributed by atoms with Crippen molar-refractivity contribution in [2.45, 2.75) is 13.5 Å². The van der Waals surface area contributed by atoms with Crippen LogP contribution in [0.1, 0.15) is 12.5 Å². The first-order valence-electron chi connectivity index (χ1n) is 9.50. The molecular formula is C21H26N3O5+. The number of nitrogens with one attached hydrogen (secondary N) is 3. The average molecular weight is 400 g/mol. The van der Waals surface area contributed by atoms with Crippen LogP contribution in [0.2, 0.25) is 0 Å². The highest BCUT2D eigenvalue weighted by Gasteiger charge is 2.17. The monoisotopic (exact) mass is 400 g/mol. The fourth-order valence-corrected chi connectivity index (χ4v) is 2.96. The highest BCUT2D eigenvalue weighted by molar-refractivity contribution is 5.91. The summed E-state index contributed by atoms with van der Waals surface area (Å²) in [5.41, 5.74) is 1.62. The Hall–Kier alpha value is -3.26. The number of hydrogen-bond acceptors (Lipinski definition) is 5. The van der Waals surface area contributed by atoms with E-state index >= 15 is 0 Å². The van der Waals surface area contributed by atoms with Crippen molar-refractivity contribution in [3.63, 3.8) is 0 Å². The highest BCUT2D eigenvalue weighted by Crippen LogP contribution is 2.32. The summed E-state index contributed by atoms with van der Waals surface area (Å²) >= 11 is 0. The number of hydrogen-bond donors (Lipinski definition) is 3. The third-order valence-electron chi connectivity index (χ3n) is 4.62. The van der Waals surface area contributed by atoms with E-state index in [-0.39, 0.29) is 31.7 Å². The number of anilines is 1. The van der Waals surface area contributed by atoms with Crippen LogP contribution in [0.5, 0.6) is 17.2 Å². The number of likely N-dealkylation sites (N-methyl/N-ethyl adjacent to an activating group) is 1. The number of rotatable bonds is 9. The fraction of sp³-hybridized carbons (Fsp3) is 0.333. The van der Waals surface area contributed by atoms with E-state index in [0.717, 1.165) is 16.2 Å². The Morgan fingerprint density at radius 2 is 1.76 bits per heavy atom. The second-order valence-electron chi connectivity index (χ2n) is 6.70. The molecule has 0 fully saturated rings. The smallest absolute Gasteiger partial charge is 0.279 e. The van der Waals surface area contributed by atoms with Crippen molar-refractivity contribution in [1.82, 2.24) is 5.32 Å².